The molecule has 3 rings (SSSR count). The summed E-state index contributed by atoms with van der Waals surface area (Å²) in [6.45, 7) is 0. The van der Waals surface area contributed by atoms with Crippen molar-refractivity contribution in [1.29, 1.82) is 0 Å². The van der Waals surface area contributed by atoms with Crippen LogP contribution in [-0.2, 0) is 9.84 Å². The smallest absolute Gasteiger partial charge is 0.251 e. The van der Waals surface area contributed by atoms with Crippen LogP contribution in [0.4, 0.5) is 0 Å². The first-order chi connectivity index (χ1) is 10.9. The van der Waals surface area contributed by atoms with E-state index in [0.29, 0.717) is 11.5 Å². The van der Waals surface area contributed by atoms with Crippen LogP contribution in [0.3, 0.4) is 0 Å². The molecule has 4 nitrogen and oxygen atoms in total. The number of rotatable bonds is 5. The van der Waals surface area contributed by atoms with E-state index in [4.69, 9.17) is 0 Å². The molecule has 2 aromatic carbocycles. The number of sulfone groups is 1. The zero-order chi connectivity index (χ0) is 16.4. The molecule has 0 aliphatic heterocycles. The van der Waals surface area contributed by atoms with Gasteiger partial charge in [0.15, 0.2) is 9.84 Å². The minimum Gasteiger partial charge on any atom is -0.345 e. The number of carbonyl (C=O) groups excluding carboxylic acids is 1. The van der Waals surface area contributed by atoms with E-state index in [1.165, 1.54) is 12.1 Å². The fraction of sp³-hybridized carbons (Fsp3) is 0.278. The van der Waals surface area contributed by atoms with Crippen LogP contribution in [0.5, 0.6) is 0 Å². The van der Waals surface area contributed by atoms with Crippen molar-refractivity contribution < 1.29 is 13.2 Å². The van der Waals surface area contributed by atoms with Gasteiger partial charge in [0.1, 0.15) is 0 Å². The van der Waals surface area contributed by atoms with Crippen molar-refractivity contribution in [2.45, 2.75) is 23.8 Å². The molecule has 0 bridgehead atoms. The summed E-state index contributed by atoms with van der Waals surface area (Å²) >= 11 is 0. The third-order valence-corrected chi connectivity index (χ3v) is 5.17. The molecule has 2 aromatic rings. The molecule has 0 saturated heterocycles. The summed E-state index contributed by atoms with van der Waals surface area (Å²) < 4.78 is 23.3. The third-order valence-electron chi connectivity index (χ3n) is 4.06. The highest BCUT2D eigenvalue weighted by Gasteiger charge is 2.33. The predicted octanol–water partition coefficient (Wildman–Crippen LogP) is 2.97. The molecular weight excluding hydrogens is 310 g/mol. The second-order valence-electron chi connectivity index (χ2n) is 6.00. The number of nitrogens with one attached hydrogen (secondary N) is 1. The van der Waals surface area contributed by atoms with E-state index < -0.39 is 9.84 Å². The first-order valence-corrected chi connectivity index (χ1v) is 9.50. The third kappa shape index (κ3) is 3.79. The molecule has 0 aromatic heterocycles. The summed E-state index contributed by atoms with van der Waals surface area (Å²) in [5.41, 5.74) is 1.46. The van der Waals surface area contributed by atoms with Crippen LogP contribution in [0.15, 0.2) is 59.5 Å². The maximum absolute atomic E-state index is 12.5. The van der Waals surface area contributed by atoms with Crippen LogP contribution in [0.2, 0.25) is 0 Å². The van der Waals surface area contributed by atoms with Crippen molar-refractivity contribution in [3.63, 3.8) is 0 Å². The standard InChI is InChI=1S/C18H19NO3S/c1-23(21,22)16-9-5-8-15(12-16)18(20)19-17(14-10-11-14)13-6-3-2-4-7-13/h2-9,12,14,17H,10-11H2,1H3,(H,19,20). The van der Waals surface area contributed by atoms with Crippen molar-refractivity contribution >= 4 is 15.7 Å². The predicted molar refractivity (Wildman–Crippen MR) is 88.9 cm³/mol. The number of amides is 1. The Morgan fingerprint density at radius 1 is 1.09 bits per heavy atom. The lowest BCUT2D eigenvalue weighted by Crippen LogP contribution is -2.30. The Balaban J connectivity index is 1.83. The van der Waals surface area contributed by atoms with E-state index in [-0.39, 0.29) is 16.8 Å². The molecule has 0 radical (unpaired) electrons. The Labute approximate surface area is 136 Å². The van der Waals surface area contributed by atoms with Gasteiger partial charge in [0.2, 0.25) is 0 Å². The molecule has 1 unspecified atom stereocenters. The van der Waals surface area contributed by atoms with Gasteiger partial charge in [-0.05, 0) is 42.5 Å². The van der Waals surface area contributed by atoms with Crippen molar-refractivity contribution in [1.82, 2.24) is 5.32 Å². The first kappa shape index (κ1) is 15.7. The molecule has 0 heterocycles. The van der Waals surface area contributed by atoms with Gasteiger partial charge in [-0.15, -0.1) is 0 Å². The Hall–Kier alpha value is -2.14. The van der Waals surface area contributed by atoms with E-state index in [0.717, 1.165) is 24.7 Å². The molecule has 5 heteroatoms. The molecule has 120 valence electrons. The van der Waals surface area contributed by atoms with Crippen LogP contribution in [0.1, 0.15) is 34.8 Å². The highest BCUT2D eigenvalue weighted by atomic mass is 32.2. The van der Waals surface area contributed by atoms with E-state index in [2.05, 4.69) is 5.32 Å². The van der Waals surface area contributed by atoms with Crippen LogP contribution >= 0.6 is 0 Å². The van der Waals surface area contributed by atoms with Crippen LogP contribution < -0.4 is 5.32 Å². The van der Waals surface area contributed by atoms with Crippen LogP contribution in [0.25, 0.3) is 0 Å². The molecular formula is C18H19NO3S. The Morgan fingerprint density at radius 2 is 1.78 bits per heavy atom. The van der Waals surface area contributed by atoms with Gasteiger partial charge >= 0.3 is 0 Å². The zero-order valence-corrected chi connectivity index (χ0v) is 13.7. The molecule has 1 aliphatic carbocycles. The topological polar surface area (TPSA) is 63.2 Å². The molecule has 1 atom stereocenters. The summed E-state index contributed by atoms with van der Waals surface area (Å²) in [6, 6.07) is 16.0. The fourth-order valence-corrected chi connectivity index (χ4v) is 3.32. The second-order valence-corrected chi connectivity index (χ2v) is 8.01. The molecule has 1 saturated carbocycles. The largest absolute Gasteiger partial charge is 0.345 e. The highest BCUT2D eigenvalue weighted by molar-refractivity contribution is 7.90. The molecule has 1 amide bonds. The maximum atomic E-state index is 12.5. The molecule has 0 spiro atoms. The summed E-state index contributed by atoms with van der Waals surface area (Å²) in [4.78, 5) is 12.7. The molecule has 1 fully saturated rings. The minimum absolute atomic E-state index is 0.0226. The average Bonchev–Trinajstić information content (AvgIpc) is 3.37. The van der Waals surface area contributed by atoms with E-state index >= 15 is 0 Å². The van der Waals surface area contributed by atoms with Gasteiger partial charge in [0.05, 0.1) is 10.9 Å². The lowest BCUT2D eigenvalue weighted by Gasteiger charge is -2.19. The second kappa shape index (κ2) is 6.16. The van der Waals surface area contributed by atoms with Gasteiger partial charge in [-0.25, -0.2) is 8.42 Å². The number of carbonyl (C=O) groups is 1. The van der Waals surface area contributed by atoms with Gasteiger partial charge < -0.3 is 5.32 Å². The summed E-state index contributed by atoms with van der Waals surface area (Å²) in [7, 11) is -3.32. The zero-order valence-electron chi connectivity index (χ0n) is 12.9. The van der Waals surface area contributed by atoms with E-state index in [1.807, 2.05) is 30.3 Å². The minimum atomic E-state index is -3.32. The summed E-state index contributed by atoms with van der Waals surface area (Å²) in [5.74, 6) is 0.218. The first-order valence-electron chi connectivity index (χ1n) is 7.61. The van der Waals surface area contributed by atoms with Crippen molar-refractivity contribution in [2.24, 2.45) is 5.92 Å². The van der Waals surface area contributed by atoms with Crippen LogP contribution in [0, 0.1) is 5.92 Å². The maximum Gasteiger partial charge on any atom is 0.251 e. The molecule has 23 heavy (non-hydrogen) atoms. The lowest BCUT2D eigenvalue weighted by molar-refractivity contribution is 0.0931. The monoisotopic (exact) mass is 329 g/mol. The summed E-state index contributed by atoms with van der Waals surface area (Å²) in [6.07, 6.45) is 3.34. The Morgan fingerprint density at radius 3 is 2.39 bits per heavy atom. The van der Waals surface area contributed by atoms with E-state index in [9.17, 15) is 13.2 Å². The number of benzene rings is 2. The molecule has 1 aliphatic rings. The van der Waals surface area contributed by atoms with Crippen molar-refractivity contribution in [3.05, 3.63) is 65.7 Å². The van der Waals surface area contributed by atoms with Gasteiger partial charge in [-0.2, -0.15) is 0 Å². The van der Waals surface area contributed by atoms with Gasteiger partial charge in [0.25, 0.3) is 5.91 Å². The van der Waals surface area contributed by atoms with Gasteiger partial charge in [0, 0.05) is 11.8 Å². The van der Waals surface area contributed by atoms with Crippen molar-refractivity contribution in [2.75, 3.05) is 6.26 Å². The fourth-order valence-electron chi connectivity index (χ4n) is 2.66. The Bertz CT molecular complexity index is 811. The Kier molecular flexibility index (Phi) is 4.22. The molecule has 1 N–H and O–H groups in total. The summed E-state index contributed by atoms with van der Waals surface area (Å²) in [5, 5.41) is 3.06. The van der Waals surface area contributed by atoms with Gasteiger partial charge in [-0.1, -0.05) is 36.4 Å². The lowest BCUT2D eigenvalue weighted by atomic mass is 10.0. The van der Waals surface area contributed by atoms with Crippen molar-refractivity contribution in [3.8, 4) is 0 Å². The SMILES string of the molecule is CS(=O)(=O)c1cccc(C(=O)NC(c2ccccc2)C2CC2)c1. The number of hydrogen-bond acceptors (Lipinski definition) is 3. The van der Waals surface area contributed by atoms with E-state index in [1.54, 1.807) is 12.1 Å². The normalized spacial score (nSPS) is 15.9. The average molecular weight is 329 g/mol. The van der Waals surface area contributed by atoms with Gasteiger partial charge in [-0.3, -0.25) is 4.79 Å². The quantitative estimate of drug-likeness (QED) is 0.917. The van der Waals surface area contributed by atoms with Crippen LogP contribution in [-0.4, -0.2) is 20.6 Å². The highest BCUT2D eigenvalue weighted by Crippen LogP contribution is 2.41. The number of hydrogen-bond donors (Lipinski definition) is 1.